The average molecular weight is 363 g/mol. The zero-order chi connectivity index (χ0) is 19.5. The van der Waals surface area contributed by atoms with Gasteiger partial charge in [0.2, 0.25) is 0 Å². The van der Waals surface area contributed by atoms with Crippen molar-refractivity contribution in [2.75, 3.05) is 18.0 Å². The van der Waals surface area contributed by atoms with Crippen LogP contribution in [0.4, 0.5) is 30.2 Å². The van der Waals surface area contributed by atoms with Crippen molar-refractivity contribution in [1.29, 1.82) is 0 Å². The maximum atomic E-state index is 13.0. The molecule has 1 aromatic rings. The van der Waals surface area contributed by atoms with Gasteiger partial charge in [-0.15, -0.1) is 0 Å². The molecule has 1 rings (SSSR count). The summed E-state index contributed by atoms with van der Waals surface area (Å²) in [6.45, 7) is 7.74. The number of nitro benzene ring substituents is 2. The molecular formula is C15H20F3N3O4. The van der Waals surface area contributed by atoms with Crippen molar-refractivity contribution in [3.8, 4) is 0 Å². The molecule has 0 saturated carbocycles. The van der Waals surface area contributed by atoms with Crippen LogP contribution in [-0.4, -0.2) is 22.9 Å². The summed E-state index contributed by atoms with van der Waals surface area (Å²) in [5.74, 6) is 0.000464. The Morgan fingerprint density at radius 1 is 0.960 bits per heavy atom. The molecule has 0 saturated heterocycles. The number of hydrogen-bond acceptors (Lipinski definition) is 5. The Balaban J connectivity index is 3.74. The number of rotatable bonds is 7. The van der Waals surface area contributed by atoms with Crippen molar-refractivity contribution < 1.29 is 23.0 Å². The third-order valence-electron chi connectivity index (χ3n) is 3.28. The minimum atomic E-state index is -4.92. The van der Waals surface area contributed by atoms with Crippen molar-refractivity contribution in [3.05, 3.63) is 37.9 Å². The number of benzene rings is 1. The zero-order valence-corrected chi connectivity index (χ0v) is 14.3. The lowest BCUT2D eigenvalue weighted by Crippen LogP contribution is -2.32. The molecule has 0 heterocycles. The highest BCUT2D eigenvalue weighted by atomic mass is 19.4. The van der Waals surface area contributed by atoms with E-state index >= 15 is 0 Å². The van der Waals surface area contributed by atoms with E-state index in [1.165, 1.54) is 4.90 Å². The van der Waals surface area contributed by atoms with Crippen LogP contribution in [0, 0.1) is 32.1 Å². The Kier molecular flexibility index (Phi) is 6.33. The number of nitrogens with zero attached hydrogens (tertiary/aromatic N) is 3. The minimum Gasteiger partial charge on any atom is -0.360 e. The van der Waals surface area contributed by atoms with Crippen molar-refractivity contribution in [2.45, 2.75) is 33.9 Å². The molecule has 0 aliphatic rings. The van der Waals surface area contributed by atoms with Crippen LogP contribution in [0.15, 0.2) is 12.1 Å². The summed E-state index contributed by atoms with van der Waals surface area (Å²) in [5.41, 5.74) is -3.63. The van der Waals surface area contributed by atoms with E-state index in [-0.39, 0.29) is 30.6 Å². The fraction of sp³-hybridized carbons (Fsp3) is 0.600. The molecular weight excluding hydrogens is 343 g/mol. The van der Waals surface area contributed by atoms with Crippen LogP contribution in [0.1, 0.15) is 33.3 Å². The molecule has 0 radical (unpaired) electrons. The second-order valence-electron chi connectivity index (χ2n) is 6.57. The lowest BCUT2D eigenvalue weighted by Gasteiger charge is -2.28. The number of alkyl halides is 3. The van der Waals surface area contributed by atoms with Gasteiger partial charge >= 0.3 is 6.18 Å². The van der Waals surface area contributed by atoms with Gasteiger partial charge < -0.3 is 4.90 Å². The van der Waals surface area contributed by atoms with E-state index in [2.05, 4.69) is 0 Å². The number of anilines is 1. The monoisotopic (exact) mass is 363 g/mol. The predicted molar refractivity (Wildman–Crippen MR) is 86.6 cm³/mol. The molecule has 10 heteroatoms. The van der Waals surface area contributed by atoms with Gasteiger partial charge in [-0.3, -0.25) is 20.2 Å². The number of hydrogen-bond donors (Lipinski definition) is 0. The van der Waals surface area contributed by atoms with Crippen LogP contribution in [-0.2, 0) is 6.18 Å². The summed E-state index contributed by atoms with van der Waals surface area (Å²) in [6.07, 6.45) is -4.92. The first kappa shape index (κ1) is 20.7. The molecule has 0 aliphatic heterocycles. The molecule has 25 heavy (non-hydrogen) atoms. The minimum absolute atomic E-state index is 0.000232. The van der Waals surface area contributed by atoms with Gasteiger partial charge in [0.25, 0.3) is 11.4 Å². The lowest BCUT2D eigenvalue weighted by atomic mass is 10.1. The van der Waals surface area contributed by atoms with Gasteiger partial charge in [-0.25, -0.2) is 0 Å². The van der Waals surface area contributed by atoms with Crippen molar-refractivity contribution in [3.63, 3.8) is 0 Å². The molecule has 140 valence electrons. The summed E-state index contributed by atoms with van der Waals surface area (Å²) < 4.78 is 38.9. The summed E-state index contributed by atoms with van der Waals surface area (Å²) in [6, 6.07) is 0.714. The molecule has 0 N–H and O–H groups in total. The fourth-order valence-corrected chi connectivity index (χ4v) is 2.51. The van der Waals surface area contributed by atoms with Crippen LogP contribution in [0.3, 0.4) is 0 Å². The first-order valence-corrected chi connectivity index (χ1v) is 7.63. The van der Waals surface area contributed by atoms with E-state index in [4.69, 9.17) is 0 Å². The molecule has 0 aromatic heterocycles. The summed E-state index contributed by atoms with van der Waals surface area (Å²) in [7, 11) is 0. The first-order chi connectivity index (χ1) is 11.3. The van der Waals surface area contributed by atoms with Crippen LogP contribution >= 0.6 is 0 Å². The second-order valence-corrected chi connectivity index (χ2v) is 6.57. The molecule has 0 bridgehead atoms. The highest BCUT2D eigenvalue weighted by Crippen LogP contribution is 2.43. The topological polar surface area (TPSA) is 89.5 Å². The van der Waals surface area contributed by atoms with Gasteiger partial charge in [-0.05, 0) is 11.8 Å². The molecule has 0 fully saturated rings. The van der Waals surface area contributed by atoms with Gasteiger partial charge in [-0.1, -0.05) is 27.7 Å². The third kappa shape index (κ3) is 5.30. The summed E-state index contributed by atoms with van der Waals surface area (Å²) in [4.78, 5) is 22.1. The predicted octanol–water partition coefficient (Wildman–Crippen LogP) is 4.64. The zero-order valence-electron chi connectivity index (χ0n) is 14.3. The van der Waals surface area contributed by atoms with Crippen molar-refractivity contribution in [1.82, 2.24) is 0 Å². The average Bonchev–Trinajstić information content (AvgIpc) is 2.42. The van der Waals surface area contributed by atoms with E-state index in [0.29, 0.717) is 12.1 Å². The normalized spacial score (nSPS) is 11.9. The van der Waals surface area contributed by atoms with E-state index in [9.17, 15) is 33.4 Å². The Labute approximate surface area is 142 Å². The maximum absolute atomic E-state index is 13.0. The Bertz CT molecular complexity index is 615. The van der Waals surface area contributed by atoms with E-state index in [1.54, 1.807) is 0 Å². The van der Waals surface area contributed by atoms with Gasteiger partial charge in [0.1, 0.15) is 0 Å². The quantitative estimate of drug-likeness (QED) is 0.520. The molecule has 0 atom stereocenters. The molecule has 1 aromatic carbocycles. The smallest absolute Gasteiger partial charge is 0.360 e. The molecule has 0 aliphatic carbocycles. The van der Waals surface area contributed by atoms with Crippen LogP contribution in [0.5, 0.6) is 0 Å². The standard InChI is InChI=1S/C15H20F3N3O4/c1-9(2)7-19(8-10(3)4)14-12(20(22)23)5-11(15(16,17)18)6-13(14)21(24)25/h5-6,9-10H,7-8H2,1-4H3. The SMILES string of the molecule is CC(C)CN(CC(C)C)c1c([N+](=O)[O-])cc(C(F)(F)F)cc1[N+](=O)[O-]. The molecule has 0 unspecified atom stereocenters. The molecule has 0 spiro atoms. The number of nitro groups is 2. The van der Waals surface area contributed by atoms with Gasteiger partial charge in [0, 0.05) is 25.2 Å². The summed E-state index contributed by atoms with van der Waals surface area (Å²) >= 11 is 0. The van der Waals surface area contributed by atoms with Crippen LogP contribution in [0.25, 0.3) is 0 Å². The lowest BCUT2D eigenvalue weighted by molar-refractivity contribution is -0.393. The van der Waals surface area contributed by atoms with Gasteiger partial charge in [0.05, 0.1) is 15.4 Å². The Hall–Kier alpha value is -2.39. The first-order valence-electron chi connectivity index (χ1n) is 7.63. The van der Waals surface area contributed by atoms with Crippen LogP contribution in [0.2, 0.25) is 0 Å². The largest absolute Gasteiger partial charge is 0.416 e. The maximum Gasteiger partial charge on any atom is 0.416 e. The Morgan fingerprint density at radius 3 is 1.56 bits per heavy atom. The number of halogens is 3. The van der Waals surface area contributed by atoms with Gasteiger partial charge in [-0.2, -0.15) is 13.2 Å². The van der Waals surface area contributed by atoms with Crippen molar-refractivity contribution >= 4 is 17.1 Å². The van der Waals surface area contributed by atoms with Crippen LogP contribution < -0.4 is 4.90 Å². The molecule has 0 amide bonds. The van der Waals surface area contributed by atoms with E-state index < -0.39 is 33.0 Å². The second kappa shape index (κ2) is 7.66. The third-order valence-corrected chi connectivity index (χ3v) is 3.28. The highest BCUT2D eigenvalue weighted by molar-refractivity contribution is 5.76. The fourth-order valence-electron chi connectivity index (χ4n) is 2.51. The van der Waals surface area contributed by atoms with Gasteiger partial charge in [0.15, 0.2) is 5.69 Å². The Morgan fingerprint density at radius 2 is 1.32 bits per heavy atom. The van der Waals surface area contributed by atoms with E-state index in [0.717, 1.165) is 0 Å². The van der Waals surface area contributed by atoms with Crippen molar-refractivity contribution in [2.24, 2.45) is 11.8 Å². The van der Waals surface area contributed by atoms with E-state index in [1.807, 2.05) is 27.7 Å². The summed E-state index contributed by atoms with van der Waals surface area (Å²) in [5, 5.41) is 22.7. The highest BCUT2D eigenvalue weighted by Gasteiger charge is 2.39. The molecule has 7 nitrogen and oxygen atoms in total.